The molecule has 0 radical (unpaired) electrons. The van der Waals surface area contributed by atoms with Crippen molar-refractivity contribution < 1.29 is 4.39 Å². The summed E-state index contributed by atoms with van der Waals surface area (Å²) in [7, 11) is 0. The van der Waals surface area contributed by atoms with Gasteiger partial charge in [0.2, 0.25) is 0 Å². The summed E-state index contributed by atoms with van der Waals surface area (Å²) in [5.41, 5.74) is 0.706. The van der Waals surface area contributed by atoms with Crippen molar-refractivity contribution in [1.29, 1.82) is 0 Å². The number of hydrogen-bond donors (Lipinski definition) is 0. The summed E-state index contributed by atoms with van der Waals surface area (Å²) in [6, 6.07) is 0. The van der Waals surface area contributed by atoms with Crippen molar-refractivity contribution in [3.05, 3.63) is 23.6 Å². The molecule has 0 rings (SSSR count). The molecule has 0 aromatic rings. The van der Waals surface area contributed by atoms with Crippen LogP contribution in [0.25, 0.3) is 0 Å². The second-order valence-corrected chi connectivity index (χ2v) is 2.14. The molecule has 0 N–H and O–H groups in total. The maximum absolute atomic E-state index is 12.6. The smallest absolute Gasteiger partial charge is 0.122 e. The maximum Gasteiger partial charge on any atom is 0.122 e. The fraction of sp³-hybridized carbons (Fsp3) is 0.429. The third kappa shape index (κ3) is 2.80. The van der Waals surface area contributed by atoms with Crippen molar-refractivity contribution >= 4 is 15.9 Å². The molecule has 9 heavy (non-hydrogen) atoms. The molecular formula is C7H10BrF. The molecule has 0 amide bonds. The summed E-state index contributed by atoms with van der Waals surface area (Å²) in [5, 5.41) is 0.583. The Morgan fingerprint density at radius 3 is 2.11 bits per heavy atom. The molecule has 0 fully saturated rings. The predicted molar refractivity (Wildman–Crippen MR) is 42.4 cm³/mol. The van der Waals surface area contributed by atoms with Gasteiger partial charge in [-0.25, -0.2) is 4.39 Å². The summed E-state index contributed by atoms with van der Waals surface area (Å²) in [4.78, 5) is 0. The molecule has 0 aromatic heterocycles. The van der Waals surface area contributed by atoms with Crippen LogP contribution in [0.15, 0.2) is 23.6 Å². The average Bonchev–Trinajstić information content (AvgIpc) is 1.90. The molecule has 0 aliphatic carbocycles. The Bertz CT molecular complexity index is 136. The molecular weight excluding hydrogens is 183 g/mol. The molecule has 0 bridgehead atoms. The van der Waals surface area contributed by atoms with Crippen molar-refractivity contribution in [3.63, 3.8) is 0 Å². The molecule has 0 aromatic carbocycles. The first-order chi connectivity index (χ1) is 4.26. The number of allylic oxidation sites excluding steroid dienone is 4. The molecule has 0 aliphatic rings. The van der Waals surface area contributed by atoms with Crippen LogP contribution >= 0.6 is 15.9 Å². The average molecular weight is 193 g/mol. The Labute approximate surface area is 63.6 Å². The topological polar surface area (TPSA) is 0 Å². The van der Waals surface area contributed by atoms with Gasteiger partial charge in [-0.1, -0.05) is 28.1 Å². The molecule has 0 spiro atoms. The Balaban J connectivity index is 4.14. The lowest BCUT2D eigenvalue weighted by Gasteiger charge is -1.95. The van der Waals surface area contributed by atoms with Gasteiger partial charge in [0.1, 0.15) is 5.83 Å². The Hall–Kier alpha value is -0.110. The Morgan fingerprint density at radius 1 is 1.44 bits per heavy atom. The third-order valence-electron chi connectivity index (χ3n) is 1.05. The summed E-state index contributed by atoms with van der Waals surface area (Å²) >= 11 is 3.17. The third-order valence-corrected chi connectivity index (χ3v) is 1.66. The second kappa shape index (κ2) is 4.74. The van der Waals surface area contributed by atoms with E-state index in [4.69, 9.17) is 0 Å². The summed E-state index contributed by atoms with van der Waals surface area (Å²) in [6.45, 7) is 3.50. The minimum Gasteiger partial charge on any atom is -0.207 e. The first-order valence-corrected chi connectivity index (χ1v) is 3.91. The molecule has 0 heterocycles. The van der Waals surface area contributed by atoms with Crippen molar-refractivity contribution in [3.8, 4) is 0 Å². The molecule has 0 nitrogen and oxygen atoms in total. The quantitative estimate of drug-likeness (QED) is 0.466. The number of alkyl halides is 1. The lowest BCUT2D eigenvalue weighted by molar-refractivity contribution is 0.650. The van der Waals surface area contributed by atoms with Gasteiger partial charge in [0, 0.05) is 5.33 Å². The van der Waals surface area contributed by atoms with E-state index in [0.29, 0.717) is 10.9 Å². The van der Waals surface area contributed by atoms with E-state index in [9.17, 15) is 4.39 Å². The fourth-order valence-corrected chi connectivity index (χ4v) is 1.06. The normalized spacial score (nSPS) is 14.2. The van der Waals surface area contributed by atoms with Crippen molar-refractivity contribution in [2.75, 3.05) is 5.33 Å². The molecule has 52 valence electrons. The first kappa shape index (κ1) is 8.89. The first-order valence-electron chi connectivity index (χ1n) is 2.79. The lowest BCUT2D eigenvalue weighted by Crippen LogP contribution is -1.82. The van der Waals surface area contributed by atoms with Crippen molar-refractivity contribution in [2.45, 2.75) is 13.8 Å². The zero-order valence-corrected chi connectivity index (χ0v) is 7.20. The number of rotatable bonds is 2. The van der Waals surface area contributed by atoms with Crippen LogP contribution in [0.2, 0.25) is 0 Å². The molecule has 0 unspecified atom stereocenters. The van der Waals surface area contributed by atoms with Crippen LogP contribution in [0.5, 0.6) is 0 Å². The van der Waals surface area contributed by atoms with Gasteiger partial charge in [-0.3, -0.25) is 0 Å². The van der Waals surface area contributed by atoms with Gasteiger partial charge >= 0.3 is 0 Å². The van der Waals surface area contributed by atoms with E-state index >= 15 is 0 Å². The molecule has 2 heteroatoms. The van der Waals surface area contributed by atoms with E-state index < -0.39 is 0 Å². The van der Waals surface area contributed by atoms with Crippen LogP contribution in [-0.2, 0) is 0 Å². The highest BCUT2D eigenvalue weighted by Crippen LogP contribution is 2.12. The Morgan fingerprint density at radius 2 is 2.00 bits per heavy atom. The summed E-state index contributed by atoms with van der Waals surface area (Å²) < 4.78 is 12.6. The van der Waals surface area contributed by atoms with Crippen molar-refractivity contribution in [2.24, 2.45) is 0 Å². The SMILES string of the molecule is C/C=C(F)\C(=C/C)CBr. The van der Waals surface area contributed by atoms with Crippen LogP contribution < -0.4 is 0 Å². The standard InChI is InChI=1S/C7H10BrF/c1-3-6(5-8)7(9)4-2/h3-4H,5H2,1-2H3/b6-3-,7-4+. The maximum atomic E-state index is 12.6. The molecule has 0 saturated heterocycles. The van der Waals surface area contributed by atoms with Crippen molar-refractivity contribution in [1.82, 2.24) is 0 Å². The van der Waals surface area contributed by atoms with E-state index in [1.165, 1.54) is 6.08 Å². The van der Waals surface area contributed by atoms with Gasteiger partial charge in [-0.2, -0.15) is 0 Å². The van der Waals surface area contributed by atoms with Crippen LogP contribution in [-0.4, -0.2) is 5.33 Å². The van der Waals surface area contributed by atoms with Gasteiger partial charge in [0.25, 0.3) is 0 Å². The van der Waals surface area contributed by atoms with Crippen LogP contribution in [0.1, 0.15) is 13.8 Å². The fourth-order valence-electron chi connectivity index (χ4n) is 0.464. The Kier molecular flexibility index (Phi) is 4.68. The van der Waals surface area contributed by atoms with Gasteiger partial charge in [-0.05, 0) is 19.4 Å². The highest BCUT2D eigenvalue weighted by Gasteiger charge is 1.97. The largest absolute Gasteiger partial charge is 0.207 e. The zero-order valence-electron chi connectivity index (χ0n) is 5.62. The van der Waals surface area contributed by atoms with Gasteiger partial charge < -0.3 is 0 Å². The monoisotopic (exact) mass is 192 g/mol. The molecule has 0 saturated carbocycles. The van der Waals surface area contributed by atoms with Crippen LogP contribution in [0.3, 0.4) is 0 Å². The summed E-state index contributed by atoms with van der Waals surface area (Å²) in [5.74, 6) is -0.144. The highest BCUT2D eigenvalue weighted by molar-refractivity contribution is 9.09. The summed E-state index contributed by atoms with van der Waals surface area (Å²) in [6.07, 6.45) is 3.21. The van der Waals surface area contributed by atoms with Gasteiger partial charge in [0.05, 0.1) is 0 Å². The van der Waals surface area contributed by atoms with E-state index in [1.807, 2.05) is 6.92 Å². The minimum atomic E-state index is -0.144. The van der Waals surface area contributed by atoms with Crippen LogP contribution in [0, 0.1) is 0 Å². The zero-order chi connectivity index (χ0) is 7.28. The molecule has 0 aliphatic heterocycles. The second-order valence-electron chi connectivity index (χ2n) is 1.58. The lowest BCUT2D eigenvalue weighted by atomic mass is 10.2. The minimum absolute atomic E-state index is 0.144. The van der Waals surface area contributed by atoms with E-state index in [1.54, 1.807) is 13.0 Å². The van der Waals surface area contributed by atoms with E-state index in [2.05, 4.69) is 15.9 Å². The predicted octanol–water partition coefficient (Wildman–Crippen LogP) is 3.20. The van der Waals surface area contributed by atoms with Gasteiger partial charge in [-0.15, -0.1) is 0 Å². The number of halogens is 2. The van der Waals surface area contributed by atoms with Crippen LogP contribution in [0.4, 0.5) is 4.39 Å². The van der Waals surface area contributed by atoms with E-state index in [-0.39, 0.29) is 5.83 Å². The number of hydrogen-bond acceptors (Lipinski definition) is 0. The molecule has 0 atom stereocenters. The van der Waals surface area contributed by atoms with E-state index in [0.717, 1.165) is 0 Å². The van der Waals surface area contributed by atoms with Gasteiger partial charge in [0.15, 0.2) is 0 Å². The highest BCUT2D eigenvalue weighted by atomic mass is 79.9.